The fourth-order valence-electron chi connectivity index (χ4n) is 2.35. The maximum atomic E-state index is 4.41. The summed E-state index contributed by atoms with van der Waals surface area (Å²) >= 11 is 3.53. The second-order valence-electron chi connectivity index (χ2n) is 5.38. The van der Waals surface area contributed by atoms with Gasteiger partial charge in [-0.15, -0.1) is 0 Å². The van der Waals surface area contributed by atoms with Crippen LogP contribution in [0.5, 0.6) is 0 Å². The first-order valence-corrected chi connectivity index (χ1v) is 7.92. The highest BCUT2D eigenvalue weighted by Crippen LogP contribution is 2.23. The number of rotatable bonds is 3. The molecule has 0 aliphatic rings. The van der Waals surface area contributed by atoms with Gasteiger partial charge in [-0.3, -0.25) is 4.98 Å². The summed E-state index contributed by atoms with van der Waals surface area (Å²) in [6.45, 7) is 0. The predicted molar refractivity (Wildman–Crippen MR) is 99.1 cm³/mol. The van der Waals surface area contributed by atoms with Crippen molar-refractivity contribution in [3.05, 3.63) is 70.3 Å². The van der Waals surface area contributed by atoms with Crippen molar-refractivity contribution in [2.75, 3.05) is 19.0 Å². The number of anilines is 1. The van der Waals surface area contributed by atoms with Gasteiger partial charge in [-0.05, 0) is 47.5 Å². The van der Waals surface area contributed by atoms with Crippen LogP contribution in [0.2, 0.25) is 0 Å². The van der Waals surface area contributed by atoms with Gasteiger partial charge in [-0.1, -0.05) is 40.2 Å². The van der Waals surface area contributed by atoms with E-state index in [1.807, 2.05) is 38.5 Å². The van der Waals surface area contributed by atoms with Gasteiger partial charge >= 0.3 is 0 Å². The summed E-state index contributed by atoms with van der Waals surface area (Å²) in [6.07, 6.45) is 6.13. The molecular weight excluding hydrogens is 336 g/mol. The summed E-state index contributed by atoms with van der Waals surface area (Å²) in [5.41, 5.74) is 4.57. The molecule has 3 aromatic rings. The summed E-state index contributed by atoms with van der Waals surface area (Å²) in [5, 5.41) is 1.15. The molecule has 0 spiro atoms. The summed E-state index contributed by atoms with van der Waals surface area (Å²) in [4.78, 5) is 6.51. The van der Waals surface area contributed by atoms with Crippen molar-refractivity contribution in [3.63, 3.8) is 0 Å². The topological polar surface area (TPSA) is 16.1 Å². The number of pyridine rings is 1. The quantitative estimate of drug-likeness (QED) is 0.641. The molecule has 0 bridgehead atoms. The van der Waals surface area contributed by atoms with Gasteiger partial charge in [-0.2, -0.15) is 0 Å². The minimum absolute atomic E-state index is 1.01. The number of fused-ring (bicyclic) bond motifs is 1. The smallest absolute Gasteiger partial charge is 0.0708 e. The molecule has 0 saturated heterocycles. The van der Waals surface area contributed by atoms with Crippen LogP contribution in [0.25, 0.3) is 23.1 Å². The number of hydrogen-bond donors (Lipinski definition) is 0. The number of nitrogens with zero attached hydrogens (tertiary/aromatic N) is 2. The Kier molecular flexibility index (Phi) is 4.25. The van der Waals surface area contributed by atoms with E-state index in [1.165, 1.54) is 16.8 Å². The Balaban J connectivity index is 1.93. The van der Waals surface area contributed by atoms with Crippen molar-refractivity contribution in [1.82, 2.24) is 4.98 Å². The van der Waals surface area contributed by atoms with Crippen LogP contribution >= 0.6 is 15.9 Å². The monoisotopic (exact) mass is 352 g/mol. The lowest BCUT2D eigenvalue weighted by molar-refractivity contribution is 1.13. The highest BCUT2D eigenvalue weighted by Gasteiger charge is 2.00. The van der Waals surface area contributed by atoms with E-state index in [0.717, 1.165) is 15.4 Å². The van der Waals surface area contributed by atoms with Gasteiger partial charge in [0.15, 0.2) is 0 Å². The van der Waals surface area contributed by atoms with Gasteiger partial charge in [0.05, 0.1) is 5.52 Å². The zero-order chi connectivity index (χ0) is 15.5. The fraction of sp³-hybridized carbons (Fsp3) is 0.105. The van der Waals surface area contributed by atoms with Crippen LogP contribution in [0.3, 0.4) is 0 Å². The Morgan fingerprint density at radius 3 is 2.45 bits per heavy atom. The molecule has 0 N–H and O–H groups in total. The number of aromatic nitrogens is 1. The zero-order valence-corrected chi connectivity index (χ0v) is 14.2. The molecule has 0 amide bonds. The van der Waals surface area contributed by atoms with Crippen LogP contribution in [-0.4, -0.2) is 19.1 Å². The lowest BCUT2D eigenvalue weighted by atomic mass is 10.1. The zero-order valence-electron chi connectivity index (χ0n) is 12.6. The molecule has 2 nitrogen and oxygen atoms in total. The summed E-state index contributed by atoms with van der Waals surface area (Å²) in [6, 6.07) is 16.7. The van der Waals surface area contributed by atoms with Crippen LogP contribution in [0.4, 0.5) is 5.69 Å². The molecule has 0 aliphatic carbocycles. The highest BCUT2D eigenvalue weighted by atomic mass is 79.9. The van der Waals surface area contributed by atoms with E-state index in [2.05, 4.69) is 68.3 Å². The molecular formula is C19H17BrN2. The fourth-order valence-corrected chi connectivity index (χ4v) is 2.72. The normalized spacial score (nSPS) is 11.2. The van der Waals surface area contributed by atoms with Gasteiger partial charge < -0.3 is 4.90 Å². The lowest BCUT2D eigenvalue weighted by Crippen LogP contribution is -2.07. The van der Waals surface area contributed by atoms with E-state index in [1.54, 1.807) is 0 Å². The largest absolute Gasteiger partial charge is 0.378 e. The molecule has 0 fully saturated rings. The van der Waals surface area contributed by atoms with Crippen LogP contribution in [-0.2, 0) is 0 Å². The van der Waals surface area contributed by atoms with Gasteiger partial charge in [0, 0.05) is 35.8 Å². The molecule has 22 heavy (non-hydrogen) atoms. The molecule has 0 saturated carbocycles. The van der Waals surface area contributed by atoms with Gasteiger partial charge in [-0.25, -0.2) is 0 Å². The van der Waals surface area contributed by atoms with Crippen molar-refractivity contribution in [1.29, 1.82) is 0 Å². The van der Waals surface area contributed by atoms with Crippen molar-refractivity contribution < 1.29 is 0 Å². The minimum Gasteiger partial charge on any atom is -0.378 e. The first-order chi connectivity index (χ1) is 10.6. The van der Waals surface area contributed by atoms with Crippen molar-refractivity contribution >= 4 is 44.7 Å². The maximum absolute atomic E-state index is 4.41. The molecule has 3 rings (SSSR count). The average molecular weight is 353 g/mol. The van der Waals surface area contributed by atoms with Crippen LogP contribution in [0.15, 0.2) is 59.2 Å². The maximum Gasteiger partial charge on any atom is 0.0708 e. The Morgan fingerprint density at radius 1 is 0.955 bits per heavy atom. The van der Waals surface area contributed by atoms with Gasteiger partial charge in [0.1, 0.15) is 0 Å². The molecule has 0 aliphatic heterocycles. The van der Waals surface area contributed by atoms with Crippen LogP contribution in [0, 0.1) is 0 Å². The third-order valence-corrected chi connectivity index (χ3v) is 4.10. The van der Waals surface area contributed by atoms with E-state index in [9.17, 15) is 0 Å². The van der Waals surface area contributed by atoms with Crippen molar-refractivity contribution in [3.8, 4) is 0 Å². The first kappa shape index (κ1) is 14.8. The van der Waals surface area contributed by atoms with Crippen molar-refractivity contribution in [2.45, 2.75) is 0 Å². The summed E-state index contributed by atoms with van der Waals surface area (Å²) in [7, 11) is 4.09. The van der Waals surface area contributed by atoms with Gasteiger partial charge in [0.2, 0.25) is 0 Å². The molecule has 1 aromatic heterocycles. The van der Waals surface area contributed by atoms with E-state index in [-0.39, 0.29) is 0 Å². The van der Waals surface area contributed by atoms with E-state index >= 15 is 0 Å². The van der Waals surface area contributed by atoms with E-state index in [4.69, 9.17) is 0 Å². The number of benzene rings is 2. The standard InChI is InChI=1S/C19H17BrN2/c1-22(2)17-8-4-14(5-9-17)3-6-15-11-12-21-19-10-7-16(20)13-18(15)19/h3-13H,1-2H3/b6-3-. The molecule has 0 unspecified atom stereocenters. The van der Waals surface area contributed by atoms with Crippen LogP contribution < -0.4 is 4.90 Å². The first-order valence-electron chi connectivity index (χ1n) is 7.13. The van der Waals surface area contributed by atoms with Crippen LogP contribution in [0.1, 0.15) is 11.1 Å². The third kappa shape index (κ3) is 3.20. The van der Waals surface area contributed by atoms with Gasteiger partial charge in [0.25, 0.3) is 0 Å². The second-order valence-corrected chi connectivity index (χ2v) is 6.30. The third-order valence-electron chi connectivity index (χ3n) is 3.60. The van der Waals surface area contributed by atoms with E-state index < -0.39 is 0 Å². The number of hydrogen-bond acceptors (Lipinski definition) is 2. The lowest BCUT2D eigenvalue weighted by Gasteiger charge is -2.11. The Hall–Kier alpha value is -2.13. The Morgan fingerprint density at radius 2 is 1.73 bits per heavy atom. The summed E-state index contributed by atoms with van der Waals surface area (Å²) in [5.74, 6) is 0. The summed E-state index contributed by atoms with van der Waals surface area (Å²) < 4.78 is 1.07. The molecule has 3 heteroatoms. The average Bonchev–Trinajstić information content (AvgIpc) is 2.53. The Labute approximate surface area is 139 Å². The second kappa shape index (κ2) is 6.32. The molecule has 0 radical (unpaired) electrons. The minimum atomic E-state index is 1.01. The Bertz CT molecular complexity index is 820. The molecule has 1 heterocycles. The SMILES string of the molecule is CN(C)c1ccc(/C=C\c2ccnc3ccc(Br)cc23)cc1. The highest BCUT2D eigenvalue weighted by molar-refractivity contribution is 9.10. The van der Waals surface area contributed by atoms with E-state index in [0.29, 0.717) is 0 Å². The predicted octanol–water partition coefficient (Wildman–Crippen LogP) is 5.23. The molecule has 0 atom stereocenters. The molecule has 2 aromatic carbocycles. The number of halogens is 1. The molecule has 110 valence electrons. The van der Waals surface area contributed by atoms with Crippen molar-refractivity contribution in [2.24, 2.45) is 0 Å².